The Morgan fingerprint density at radius 2 is 2.15 bits per heavy atom. The van der Waals surface area contributed by atoms with Crippen molar-refractivity contribution in [2.75, 3.05) is 6.61 Å². The average Bonchev–Trinajstić information content (AvgIpc) is 2.12. The molecule has 1 atom stereocenters. The van der Waals surface area contributed by atoms with E-state index in [2.05, 4.69) is 0 Å². The van der Waals surface area contributed by atoms with Gasteiger partial charge >= 0.3 is 0 Å². The standard InChI is InChI=1S/C9H12ClNO2/c1-5-2-3-6(10)9(13)8(5)7(11)4-12/h2-3,7,12-13H,4,11H2,1H3. The highest BCUT2D eigenvalue weighted by molar-refractivity contribution is 6.32. The third-order valence-electron chi connectivity index (χ3n) is 1.95. The van der Waals surface area contributed by atoms with Gasteiger partial charge in [0.05, 0.1) is 17.7 Å². The second-order valence-corrected chi connectivity index (χ2v) is 3.32. The Hall–Kier alpha value is -0.770. The maximum Gasteiger partial charge on any atom is 0.139 e. The summed E-state index contributed by atoms with van der Waals surface area (Å²) >= 11 is 5.70. The average molecular weight is 202 g/mol. The minimum Gasteiger partial charge on any atom is -0.506 e. The molecular weight excluding hydrogens is 190 g/mol. The quantitative estimate of drug-likeness (QED) is 0.677. The van der Waals surface area contributed by atoms with E-state index in [4.69, 9.17) is 22.4 Å². The van der Waals surface area contributed by atoms with Gasteiger partial charge in [0.25, 0.3) is 0 Å². The van der Waals surface area contributed by atoms with Crippen molar-refractivity contribution in [3.63, 3.8) is 0 Å². The number of phenolic OH excluding ortho intramolecular Hbond substituents is 1. The molecule has 0 amide bonds. The van der Waals surface area contributed by atoms with Gasteiger partial charge < -0.3 is 15.9 Å². The molecule has 0 fully saturated rings. The largest absolute Gasteiger partial charge is 0.506 e. The first kappa shape index (κ1) is 10.3. The van der Waals surface area contributed by atoms with E-state index in [1.54, 1.807) is 19.1 Å². The molecule has 1 aromatic carbocycles. The lowest BCUT2D eigenvalue weighted by Gasteiger charge is -2.14. The molecule has 0 saturated heterocycles. The highest BCUT2D eigenvalue weighted by atomic mass is 35.5. The fraction of sp³-hybridized carbons (Fsp3) is 0.333. The molecule has 0 aliphatic carbocycles. The van der Waals surface area contributed by atoms with Crippen LogP contribution in [0.4, 0.5) is 0 Å². The second-order valence-electron chi connectivity index (χ2n) is 2.92. The third kappa shape index (κ3) is 1.94. The number of aromatic hydroxyl groups is 1. The summed E-state index contributed by atoms with van der Waals surface area (Å²) in [6, 6.07) is 2.77. The Morgan fingerprint density at radius 1 is 1.54 bits per heavy atom. The van der Waals surface area contributed by atoms with E-state index >= 15 is 0 Å². The fourth-order valence-electron chi connectivity index (χ4n) is 1.24. The molecule has 1 aromatic rings. The molecule has 0 spiro atoms. The molecule has 0 heterocycles. The summed E-state index contributed by atoms with van der Waals surface area (Å²) in [6.07, 6.45) is 0. The zero-order valence-electron chi connectivity index (χ0n) is 7.29. The molecule has 1 unspecified atom stereocenters. The van der Waals surface area contributed by atoms with Crippen LogP contribution in [0.2, 0.25) is 5.02 Å². The predicted molar refractivity (Wildman–Crippen MR) is 51.9 cm³/mol. The van der Waals surface area contributed by atoms with Crippen molar-refractivity contribution >= 4 is 11.6 Å². The number of rotatable bonds is 2. The maximum absolute atomic E-state index is 9.56. The van der Waals surface area contributed by atoms with E-state index in [9.17, 15) is 5.11 Å². The summed E-state index contributed by atoms with van der Waals surface area (Å²) in [4.78, 5) is 0. The predicted octanol–water partition coefficient (Wildman–Crippen LogP) is 1.35. The summed E-state index contributed by atoms with van der Waals surface area (Å²) in [5.74, 6) is -0.0387. The highest BCUT2D eigenvalue weighted by Gasteiger charge is 2.14. The molecule has 1 rings (SSSR count). The number of aliphatic hydroxyl groups is 1. The van der Waals surface area contributed by atoms with Crippen LogP contribution >= 0.6 is 11.6 Å². The molecule has 3 nitrogen and oxygen atoms in total. The number of nitrogens with two attached hydrogens (primary N) is 1. The molecule has 0 saturated carbocycles. The number of phenols is 1. The SMILES string of the molecule is Cc1ccc(Cl)c(O)c1C(N)CO. The Kier molecular flexibility index (Phi) is 3.14. The minimum atomic E-state index is -0.585. The van der Waals surface area contributed by atoms with Crippen LogP contribution in [0.15, 0.2) is 12.1 Å². The molecular formula is C9H12ClNO2. The normalized spacial score (nSPS) is 12.9. The molecule has 4 heteroatoms. The Morgan fingerprint density at radius 3 is 2.69 bits per heavy atom. The Labute approximate surface area is 81.8 Å². The smallest absolute Gasteiger partial charge is 0.139 e. The minimum absolute atomic E-state index is 0.0387. The van der Waals surface area contributed by atoms with E-state index < -0.39 is 6.04 Å². The maximum atomic E-state index is 9.56. The van der Waals surface area contributed by atoms with Crippen LogP contribution in [0.25, 0.3) is 0 Å². The lowest BCUT2D eigenvalue weighted by Crippen LogP contribution is -2.16. The van der Waals surface area contributed by atoms with E-state index in [0.29, 0.717) is 5.56 Å². The highest BCUT2D eigenvalue weighted by Crippen LogP contribution is 2.32. The Bertz CT molecular complexity index is 315. The third-order valence-corrected chi connectivity index (χ3v) is 2.26. The topological polar surface area (TPSA) is 66.5 Å². The lowest BCUT2D eigenvalue weighted by molar-refractivity contribution is 0.265. The van der Waals surface area contributed by atoms with Gasteiger partial charge in [-0.15, -0.1) is 0 Å². The van der Waals surface area contributed by atoms with E-state index in [1.807, 2.05) is 0 Å². The molecule has 0 radical (unpaired) electrons. The van der Waals surface area contributed by atoms with Crippen molar-refractivity contribution in [3.8, 4) is 5.75 Å². The van der Waals surface area contributed by atoms with Gasteiger partial charge in [-0.2, -0.15) is 0 Å². The van der Waals surface area contributed by atoms with Crippen molar-refractivity contribution in [1.29, 1.82) is 0 Å². The van der Waals surface area contributed by atoms with Gasteiger partial charge in [-0.3, -0.25) is 0 Å². The lowest BCUT2D eigenvalue weighted by atomic mass is 10.0. The van der Waals surface area contributed by atoms with Gasteiger partial charge in [-0.05, 0) is 18.6 Å². The summed E-state index contributed by atoms with van der Waals surface area (Å²) in [7, 11) is 0. The zero-order chi connectivity index (χ0) is 10.0. The zero-order valence-corrected chi connectivity index (χ0v) is 8.04. The van der Waals surface area contributed by atoms with Crippen molar-refractivity contribution < 1.29 is 10.2 Å². The molecule has 72 valence electrons. The molecule has 0 bridgehead atoms. The van der Waals surface area contributed by atoms with Gasteiger partial charge in [-0.25, -0.2) is 0 Å². The van der Waals surface area contributed by atoms with Crippen LogP contribution in [0.3, 0.4) is 0 Å². The first-order valence-electron chi connectivity index (χ1n) is 3.92. The number of benzene rings is 1. The van der Waals surface area contributed by atoms with Crippen LogP contribution in [0.5, 0.6) is 5.75 Å². The van der Waals surface area contributed by atoms with E-state index in [1.165, 1.54) is 0 Å². The fourth-order valence-corrected chi connectivity index (χ4v) is 1.41. The van der Waals surface area contributed by atoms with Crippen LogP contribution in [-0.2, 0) is 0 Å². The summed E-state index contributed by atoms with van der Waals surface area (Å²) < 4.78 is 0. The first-order valence-corrected chi connectivity index (χ1v) is 4.30. The van der Waals surface area contributed by atoms with Gasteiger partial charge in [0, 0.05) is 5.56 Å². The second kappa shape index (κ2) is 3.96. The van der Waals surface area contributed by atoms with Gasteiger partial charge in [-0.1, -0.05) is 17.7 Å². The Balaban J connectivity index is 3.25. The van der Waals surface area contributed by atoms with Crippen LogP contribution in [-0.4, -0.2) is 16.8 Å². The number of halogens is 1. The van der Waals surface area contributed by atoms with Gasteiger partial charge in [0.1, 0.15) is 5.75 Å². The molecule has 4 N–H and O–H groups in total. The van der Waals surface area contributed by atoms with Gasteiger partial charge in [0.2, 0.25) is 0 Å². The summed E-state index contributed by atoms with van der Waals surface area (Å²) in [6.45, 7) is 1.59. The van der Waals surface area contributed by atoms with Crippen molar-refractivity contribution in [3.05, 3.63) is 28.3 Å². The van der Waals surface area contributed by atoms with Crippen LogP contribution < -0.4 is 5.73 Å². The number of aliphatic hydroxyl groups excluding tert-OH is 1. The molecule has 0 aliphatic rings. The van der Waals surface area contributed by atoms with Crippen molar-refractivity contribution in [1.82, 2.24) is 0 Å². The van der Waals surface area contributed by atoms with Crippen LogP contribution in [0.1, 0.15) is 17.2 Å². The summed E-state index contributed by atoms with van der Waals surface area (Å²) in [5, 5.41) is 18.7. The van der Waals surface area contributed by atoms with E-state index in [-0.39, 0.29) is 17.4 Å². The monoisotopic (exact) mass is 201 g/mol. The summed E-state index contributed by atoms with van der Waals surface area (Å²) in [5.41, 5.74) is 6.93. The molecule has 13 heavy (non-hydrogen) atoms. The first-order chi connectivity index (χ1) is 6.07. The van der Waals surface area contributed by atoms with Crippen molar-refractivity contribution in [2.24, 2.45) is 5.73 Å². The van der Waals surface area contributed by atoms with Gasteiger partial charge in [0.15, 0.2) is 0 Å². The molecule has 0 aliphatic heterocycles. The van der Waals surface area contributed by atoms with E-state index in [0.717, 1.165) is 5.56 Å². The number of aryl methyl sites for hydroxylation is 1. The number of hydrogen-bond donors (Lipinski definition) is 3. The molecule has 0 aromatic heterocycles. The van der Waals surface area contributed by atoms with Crippen LogP contribution in [0, 0.1) is 6.92 Å². The van der Waals surface area contributed by atoms with Crippen molar-refractivity contribution in [2.45, 2.75) is 13.0 Å². The number of hydrogen-bond acceptors (Lipinski definition) is 3.